The predicted octanol–water partition coefficient (Wildman–Crippen LogP) is 1.92. The van der Waals surface area contributed by atoms with Crippen LogP contribution in [0, 0.1) is 0 Å². The summed E-state index contributed by atoms with van der Waals surface area (Å²) in [5.74, 6) is 0. The van der Waals surface area contributed by atoms with E-state index in [0.29, 0.717) is 0 Å². The third kappa shape index (κ3) is 2.34. The largest absolute Gasteiger partial charge is 0.218 e. The SMILES string of the molecule is CCc1ccc(C(C)S(=O)(=O)NC)s1. The first kappa shape index (κ1) is 11.7. The van der Waals surface area contributed by atoms with Crippen LogP contribution in [-0.4, -0.2) is 15.5 Å². The fourth-order valence-corrected chi connectivity index (χ4v) is 3.28. The first-order chi connectivity index (χ1) is 6.51. The maximum absolute atomic E-state index is 11.5. The second kappa shape index (κ2) is 4.42. The summed E-state index contributed by atoms with van der Waals surface area (Å²) in [5.41, 5.74) is 0. The lowest BCUT2D eigenvalue weighted by atomic mass is 10.3. The molecule has 0 fully saturated rings. The van der Waals surface area contributed by atoms with Gasteiger partial charge in [0.1, 0.15) is 5.25 Å². The van der Waals surface area contributed by atoms with Gasteiger partial charge >= 0.3 is 0 Å². The summed E-state index contributed by atoms with van der Waals surface area (Å²) >= 11 is 1.56. The Hall–Kier alpha value is -0.390. The van der Waals surface area contributed by atoms with E-state index >= 15 is 0 Å². The van der Waals surface area contributed by atoms with Gasteiger partial charge in [-0.05, 0) is 32.5 Å². The molecule has 5 heteroatoms. The number of hydrogen-bond donors (Lipinski definition) is 1. The minimum absolute atomic E-state index is 0.460. The Morgan fingerprint density at radius 3 is 2.57 bits per heavy atom. The Morgan fingerprint density at radius 1 is 1.50 bits per heavy atom. The van der Waals surface area contributed by atoms with Gasteiger partial charge < -0.3 is 0 Å². The van der Waals surface area contributed by atoms with E-state index in [2.05, 4.69) is 11.6 Å². The molecule has 80 valence electrons. The quantitative estimate of drug-likeness (QED) is 0.863. The van der Waals surface area contributed by atoms with Crippen LogP contribution in [0.1, 0.15) is 28.9 Å². The molecular formula is C9H15NO2S2. The predicted molar refractivity (Wildman–Crippen MR) is 60.1 cm³/mol. The highest BCUT2D eigenvalue weighted by Gasteiger charge is 2.21. The van der Waals surface area contributed by atoms with Crippen molar-refractivity contribution < 1.29 is 8.42 Å². The molecule has 1 N–H and O–H groups in total. The van der Waals surface area contributed by atoms with E-state index in [1.807, 2.05) is 12.1 Å². The van der Waals surface area contributed by atoms with Gasteiger partial charge in [0.2, 0.25) is 10.0 Å². The first-order valence-electron chi connectivity index (χ1n) is 4.52. The lowest BCUT2D eigenvalue weighted by Gasteiger charge is -2.08. The molecule has 0 bridgehead atoms. The first-order valence-corrected chi connectivity index (χ1v) is 6.88. The molecule has 0 aromatic carbocycles. The second-order valence-electron chi connectivity index (χ2n) is 3.05. The maximum Gasteiger partial charge on any atom is 0.218 e. The highest BCUT2D eigenvalue weighted by Crippen LogP contribution is 2.28. The van der Waals surface area contributed by atoms with Crippen molar-refractivity contribution in [2.24, 2.45) is 0 Å². The lowest BCUT2D eigenvalue weighted by molar-refractivity contribution is 0.579. The zero-order chi connectivity index (χ0) is 10.8. The van der Waals surface area contributed by atoms with Crippen LogP contribution in [0.5, 0.6) is 0 Å². The summed E-state index contributed by atoms with van der Waals surface area (Å²) in [7, 11) is -1.74. The molecule has 0 radical (unpaired) electrons. The molecule has 14 heavy (non-hydrogen) atoms. The summed E-state index contributed by atoms with van der Waals surface area (Å²) in [6, 6.07) is 3.88. The number of thiophene rings is 1. The van der Waals surface area contributed by atoms with Crippen LogP contribution in [0.15, 0.2) is 12.1 Å². The fourth-order valence-electron chi connectivity index (χ4n) is 1.13. The van der Waals surface area contributed by atoms with Crippen molar-refractivity contribution in [1.82, 2.24) is 4.72 Å². The molecule has 1 aromatic rings. The normalized spacial score (nSPS) is 14.2. The highest BCUT2D eigenvalue weighted by molar-refractivity contribution is 7.89. The van der Waals surface area contributed by atoms with E-state index in [1.54, 1.807) is 18.3 Å². The van der Waals surface area contributed by atoms with Crippen molar-refractivity contribution in [3.05, 3.63) is 21.9 Å². The van der Waals surface area contributed by atoms with Gasteiger partial charge in [-0.25, -0.2) is 13.1 Å². The molecule has 0 aliphatic carbocycles. The highest BCUT2D eigenvalue weighted by atomic mass is 32.2. The van der Waals surface area contributed by atoms with Crippen LogP contribution in [0.2, 0.25) is 0 Å². The summed E-state index contributed by atoms with van der Waals surface area (Å²) in [4.78, 5) is 2.12. The maximum atomic E-state index is 11.5. The van der Waals surface area contributed by atoms with Crippen LogP contribution in [0.4, 0.5) is 0 Å². The van der Waals surface area contributed by atoms with Crippen LogP contribution in [0.3, 0.4) is 0 Å². The van der Waals surface area contributed by atoms with E-state index in [-0.39, 0.29) is 0 Å². The molecule has 1 unspecified atom stereocenters. The molecule has 0 saturated heterocycles. The number of aryl methyl sites for hydroxylation is 1. The molecule has 3 nitrogen and oxygen atoms in total. The monoisotopic (exact) mass is 233 g/mol. The Bertz CT molecular complexity index is 395. The molecule has 0 spiro atoms. The van der Waals surface area contributed by atoms with Gasteiger partial charge in [0, 0.05) is 9.75 Å². The van der Waals surface area contributed by atoms with E-state index in [0.717, 1.165) is 11.3 Å². The van der Waals surface area contributed by atoms with E-state index in [1.165, 1.54) is 11.9 Å². The van der Waals surface area contributed by atoms with Crippen molar-refractivity contribution in [1.29, 1.82) is 0 Å². The number of rotatable bonds is 4. The summed E-state index contributed by atoms with van der Waals surface area (Å²) in [6.45, 7) is 3.77. The van der Waals surface area contributed by atoms with Crippen molar-refractivity contribution >= 4 is 21.4 Å². The second-order valence-corrected chi connectivity index (χ2v) is 6.45. The zero-order valence-electron chi connectivity index (χ0n) is 8.57. The molecule has 1 rings (SSSR count). The van der Waals surface area contributed by atoms with Gasteiger partial charge in [0.15, 0.2) is 0 Å². The fraction of sp³-hybridized carbons (Fsp3) is 0.556. The summed E-state index contributed by atoms with van der Waals surface area (Å²) in [5, 5.41) is -0.460. The van der Waals surface area contributed by atoms with Crippen LogP contribution in [-0.2, 0) is 16.4 Å². The number of hydrogen-bond acceptors (Lipinski definition) is 3. The molecular weight excluding hydrogens is 218 g/mol. The average molecular weight is 233 g/mol. The van der Waals surface area contributed by atoms with Gasteiger partial charge in [0.25, 0.3) is 0 Å². The van der Waals surface area contributed by atoms with Crippen LogP contribution in [0.25, 0.3) is 0 Å². The minimum Gasteiger partial charge on any atom is -0.218 e. The Morgan fingerprint density at radius 2 is 2.14 bits per heavy atom. The van der Waals surface area contributed by atoms with Crippen molar-refractivity contribution in [2.45, 2.75) is 25.5 Å². The van der Waals surface area contributed by atoms with Gasteiger partial charge in [-0.15, -0.1) is 11.3 Å². The van der Waals surface area contributed by atoms with Gasteiger partial charge in [0.05, 0.1) is 0 Å². The molecule has 0 saturated carbocycles. The van der Waals surface area contributed by atoms with Gasteiger partial charge in [-0.2, -0.15) is 0 Å². The zero-order valence-corrected chi connectivity index (χ0v) is 10.2. The third-order valence-corrected chi connectivity index (χ3v) is 5.50. The topological polar surface area (TPSA) is 46.2 Å². The standard InChI is InChI=1S/C9H15NO2S2/c1-4-8-5-6-9(13-8)7(2)14(11,12)10-3/h5-7,10H,4H2,1-3H3. The van der Waals surface area contributed by atoms with Crippen molar-refractivity contribution in [3.63, 3.8) is 0 Å². The van der Waals surface area contributed by atoms with Gasteiger partial charge in [-0.1, -0.05) is 6.92 Å². The summed E-state index contributed by atoms with van der Waals surface area (Å²) < 4.78 is 25.3. The molecule has 1 aromatic heterocycles. The molecule has 1 atom stereocenters. The third-order valence-electron chi connectivity index (χ3n) is 2.18. The van der Waals surface area contributed by atoms with Crippen LogP contribution >= 0.6 is 11.3 Å². The smallest absolute Gasteiger partial charge is 0.218 e. The Labute approximate surface area is 89.2 Å². The number of sulfonamides is 1. The van der Waals surface area contributed by atoms with Crippen molar-refractivity contribution in [3.8, 4) is 0 Å². The van der Waals surface area contributed by atoms with Gasteiger partial charge in [-0.3, -0.25) is 0 Å². The lowest BCUT2D eigenvalue weighted by Crippen LogP contribution is -2.23. The Balaban J connectivity index is 2.95. The molecule has 0 amide bonds. The number of nitrogens with one attached hydrogen (secondary N) is 1. The molecule has 0 aliphatic rings. The average Bonchev–Trinajstić information content (AvgIpc) is 2.64. The molecule has 0 aliphatic heterocycles. The molecule has 1 heterocycles. The van der Waals surface area contributed by atoms with Crippen LogP contribution < -0.4 is 4.72 Å². The van der Waals surface area contributed by atoms with E-state index < -0.39 is 15.3 Å². The van der Waals surface area contributed by atoms with Crippen molar-refractivity contribution in [2.75, 3.05) is 7.05 Å². The summed E-state index contributed by atoms with van der Waals surface area (Å²) in [6.07, 6.45) is 0.955. The van der Waals surface area contributed by atoms with E-state index in [9.17, 15) is 8.42 Å². The minimum atomic E-state index is -3.19. The Kier molecular flexibility index (Phi) is 3.69. The van der Waals surface area contributed by atoms with E-state index in [4.69, 9.17) is 0 Å².